The molecule has 0 radical (unpaired) electrons. The molecule has 0 aliphatic carbocycles. The number of benzene rings is 1. The van der Waals surface area contributed by atoms with Gasteiger partial charge in [-0.2, -0.15) is 4.68 Å². The van der Waals surface area contributed by atoms with Crippen LogP contribution in [-0.2, 0) is 14.3 Å². The molecule has 1 amide bonds. The Morgan fingerprint density at radius 1 is 1.36 bits per heavy atom. The molecule has 134 valence electrons. The minimum absolute atomic E-state index is 0.00891. The van der Waals surface area contributed by atoms with Crippen LogP contribution in [-0.4, -0.2) is 50.5 Å². The second-order valence-electron chi connectivity index (χ2n) is 5.48. The van der Waals surface area contributed by atoms with E-state index in [1.54, 1.807) is 11.6 Å². The number of likely N-dealkylation sites (N-methyl/N-ethyl adjacent to an activating group) is 1. The standard InChI is InChI=1S/C16H21N5O3S/c1-5-17-15(23)12(4)24-14(22)9-25-16-18-19-20-21(16)13-8-10(2)6-7-11(13)3/h6-8,12H,5,9H2,1-4H3,(H,17,23)/t12-/m1/s1. The number of tetrazole rings is 1. The van der Waals surface area contributed by atoms with Gasteiger partial charge < -0.3 is 10.1 Å². The summed E-state index contributed by atoms with van der Waals surface area (Å²) in [6, 6.07) is 5.98. The van der Waals surface area contributed by atoms with Crippen molar-refractivity contribution in [3.05, 3.63) is 29.3 Å². The molecular weight excluding hydrogens is 342 g/mol. The molecule has 0 fully saturated rings. The van der Waals surface area contributed by atoms with Gasteiger partial charge in [0.25, 0.3) is 5.91 Å². The van der Waals surface area contributed by atoms with Crippen LogP contribution in [0.15, 0.2) is 23.4 Å². The average Bonchev–Trinajstić information content (AvgIpc) is 3.03. The number of nitrogens with zero attached hydrogens (tertiary/aromatic N) is 4. The monoisotopic (exact) mass is 363 g/mol. The van der Waals surface area contributed by atoms with E-state index in [4.69, 9.17) is 4.74 Å². The highest BCUT2D eigenvalue weighted by molar-refractivity contribution is 7.99. The van der Waals surface area contributed by atoms with E-state index in [0.717, 1.165) is 28.6 Å². The Morgan fingerprint density at radius 2 is 2.12 bits per heavy atom. The molecule has 8 nitrogen and oxygen atoms in total. The number of nitrogens with one attached hydrogen (secondary N) is 1. The number of esters is 1. The van der Waals surface area contributed by atoms with Crippen LogP contribution in [0.2, 0.25) is 0 Å². The predicted molar refractivity (Wildman–Crippen MR) is 93.6 cm³/mol. The van der Waals surface area contributed by atoms with Crippen LogP contribution in [0, 0.1) is 13.8 Å². The van der Waals surface area contributed by atoms with Crippen LogP contribution in [0.4, 0.5) is 0 Å². The number of amides is 1. The summed E-state index contributed by atoms with van der Waals surface area (Å²) in [5.41, 5.74) is 2.96. The van der Waals surface area contributed by atoms with E-state index in [1.165, 1.54) is 6.92 Å². The lowest BCUT2D eigenvalue weighted by molar-refractivity contribution is -0.152. The first-order chi connectivity index (χ1) is 11.9. The van der Waals surface area contributed by atoms with Crippen molar-refractivity contribution < 1.29 is 14.3 Å². The molecular formula is C16H21N5O3S. The van der Waals surface area contributed by atoms with Crippen molar-refractivity contribution in [2.45, 2.75) is 39.0 Å². The Labute approximate surface area is 150 Å². The Morgan fingerprint density at radius 3 is 2.84 bits per heavy atom. The molecule has 0 saturated heterocycles. The molecule has 9 heteroatoms. The van der Waals surface area contributed by atoms with E-state index >= 15 is 0 Å². The van der Waals surface area contributed by atoms with Gasteiger partial charge in [-0.3, -0.25) is 9.59 Å². The Kier molecular flexibility index (Phi) is 6.51. The molecule has 0 aliphatic heterocycles. The predicted octanol–water partition coefficient (Wildman–Crippen LogP) is 1.44. The van der Waals surface area contributed by atoms with Crippen molar-refractivity contribution in [1.29, 1.82) is 0 Å². The van der Waals surface area contributed by atoms with Crippen molar-refractivity contribution in [3.63, 3.8) is 0 Å². The lowest BCUT2D eigenvalue weighted by atomic mass is 10.1. The number of thioether (sulfide) groups is 1. The summed E-state index contributed by atoms with van der Waals surface area (Å²) >= 11 is 1.16. The van der Waals surface area contributed by atoms with E-state index in [2.05, 4.69) is 20.8 Å². The van der Waals surface area contributed by atoms with Crippen molar-refractivity contribution in [2.75, 3.05) is 12.3 Å². The minimum atomic E-state index is -0.830. The molecule has 1 heterocycles. The van der Waals surface area contributed by atoms with Crippen molar-refractivity contribution in [3.8, 4) is 5.69 Å². The van der Waals surface area contributed by atoms with Gasteiger partial charge in [-0.25, -0.2) is 0 Å². The van der Waals surface area contributed by atoms with Crippen LogP contribution >= 0.6 is 11.8 Å². The van der Waals surface area contributed by atoms with Crippen LogP contribution in [0.1, 0.15) is 25.0 Å². The fourth-order valence-electron chi connectivity index (χ4n) is 2.09. The van der Waals surface area contributed by atoms with E-state index < -0.39 is 12.1 Å². The molecule has 0 saturated carbocycles. The molecule has 1 aromatic heterocycles. The molecule has 1 N–H and O–H groups in total. The number of hydrogen-bond donors (Lipinski definition) is 1. The molecule has 1 aromatic carbocycles. The second kappa shape index (κ2) is 8.61. The third-order valence-electron chi connectivity index (χ3n) is 3.38. The van der Waals surface area contributed by atoms with Gasteiger partial charge in [0.15, 0.2) is 6.10 Å². The Balaban J connectivity index is 2.01. The molecule has 1 atom stereocenters. The maximum atomic E-state index is 11.9. The van der Waals surface area contributed by atoms with Crippen LogP contribution in [0.25, 0.3) is 5.69 Å². The summed E-state index contributed by atoms with van der Waals surface area (Å²) in [4.78, 5) is 23.5. The van der Waals surface area contributed by atoms with Crippen LogP contribution in [0.3, 0.4) is 0 Å². The summed E-state index contributed by atoms with van der Waals surface area (Å²) in [7, 11) is 0. The molecule has 2 aromatic rings. The number of ether oxygens (including phenoxy) is 1. The lowest BCUT2D eigenvalue weighted by Crippen LogP contribution is -2.35. The maximum Gasteiger partial charge on any atom is 0.317 e. The maximum absolute atomic E-state index is 11.9. The summed E-state index contributed by atoms with van der Waals surface area (Å²) in [5, 5.41) is 14.7. The van der Waals surface area contributed by atoms with Crippen LogP contribution in [0.5, 0.6) is 0 Å². The van der Waals surface area contributed by atoms with Crippen molar-refractivity contribution >= 4 is 23.6 Å². The van der Waals surface area contributed by atoms with E-state index in [9.17, 15) is 9.59 Å². The normalized spacial score (nSPS) is 11.8. The molecule has 0 aliphatic rings. The van der Waals surface area contributed by atoms with Gasteiger partial charge in [-0.1, -0.05) is 23.9 Å². The molecule has 0 bridgehead atoms. The number of hydrogen-bond acceptors (Lipinski definition) is 7. The van der Waals surface area contributed by atoms with E-state index in [-0.39, 0.29) is 11.7 Å². The van der Waals surface area contributed by atoms with E-state index in [1.807, 2.05) is 32.0 Å². The zero-order chi connectivity index (χ0) is 18.4. The first kappa shape index (κ1) is 18.9. The molecule has 0 spiro atoms. The number of rotatable bonds is 7. The highest BCUT2D eigenvalue weighted by atomic mass is 32.2. The fraction of sp³-hybridized carbons (Fsp3) is 0.438. The number of carbonyl (C=O) groups excluding carboxylic acids is 2. The number of carbonyl (C=O) groups is 2. The van der Waals surface area contributed by atoms with Crippen LogP contribution < -0.4 is 5.32 Å². The first-order valence-corrected chi connectivity index (χ1v) is 8.87. The van der Waals surface area contributed by atoms with Gasteiger partial charge in [-0.05, 0) is 55.3 Å². The average molecular weight is 363 g/mol. The molecule has 25 heavy (non-hydrogen) atoms. The largest absolute Gasteiger partial charge is 0.452 e. The second-order valence-corrected chi connectivity index (χ2v) is 6.42. The first-order valence-electron chi connectivity index (χ1n) is 7.88. The summed E-state index contributed by atoms with van der Waals surface area (Å²) < 4.78 is 6.69. The lowest BCUT2D eigenvalue weighted by Gasteiger charge is -2.12. The van der Waals surface area contributed by atoms with Gasteiger partial charge in [0, 0.05) is 6.54 Å². The zero-order valence-corrected chi connectivity index (χ0v) is 15.5. The van der Waals surface area contributed by atoms with Gasteiger partial charge >= 0.3 is 5.97 Å². The summed E-state index contributed by atoms with van der Waals surface area (Å²) in [6.07, 6.45) is -0.830. The summed E-state index contributed by atoms with van der Waals surface area (Å²) in [6.45, 7) is 7.77. The smallest absolute Gasteiger partial charge is 0.317 e. The third-order valence-corrected chi connectivity index (χ3v) is 4.27. The van der Waals surface area contributed by atoms with Crippen molar-refractivity contribution in [1.82, 2.24) is 25.5 Å². The topological polar surface area (TPSA) is 99.0 Å². The van der Waals surface area contributed by atoms with Gasteiger partial charge in [-0.15, -0.1) is 5.10 Å². The Bertz CT molecular complexity index is 762. The number of aromatic nitrogens is 4. The highest BCUT2D eigenvalue weighted by Crippen LogP contribution is 2.21. The third kappa shape index (κ3) is 5.02. The van der Waals surface area contributed by atoms with E-state index in [0.29, 0.717) is 11.7 Å². The highest BCUT2D eigenvalue weighted by Gasteiger charge is 2.19. The Hall–Kier alpha value is -2.42. The zero-order valence-electron chi connectivity index (χ0n) is 14.6. The quantitative estimate of drug-likeness (QED) is 0.587. The van der Waals surface area contributed by atoms with Crippen molar-refractivity contribution in [2.24, 2.45) is 0 Å². The van der Waals surface area contributed by atoms with Gasteiger partial charge in [0.2, 0.25) is 5.16 Å². The molecule has 0 unspecified atom stereocenters. The SMILES string of the molecule is CCNC(=O)[C@@H](C)OC(=O)CSc1nnnn1-c1cc(C)ccc1C. The van der Waals surface area contributed by atoms with Gasteiger partial charge in [0.1, 0.15) is 0 Å². The minimum Gasteiger partial charge on any atom is -0.452 e. The number of aryl methyl sites for hydroxylation is 2. The molecule has 2 rings (SSSR count). The summed E-state index contributed by atoms with van der Waals surface area (Å²) in [5.74, 6) is -0.810. The van der Waals surface area contributed by atoms with Gasteiger partial charge in [0.05, 0.1) is 11.4 Å². The fourth-order valence-corrected chi connectivity index (χ4v) is 2.76.